The molecule has 0 aliphatic heterocycles. The minimum absolute atomic E-state index is 0.396. The van der Waals surface area contributed by atoms with Gasteiger partial charge in [-0.15, -0.1) is 0 Å². The highest BCUT2D eigenvalue weighted by Crippen LogP contribution is 2.22. The quantitative estimate of drug-likeness (QED) is 0.623. The number of hydrogen-bond donors (Lipinski definition) is 0. The maximum atomic E-state index is 10.8. The average Bonchev–Trinajstić information content (AvgIpc) is 2.05. The Hall–Kier alpha value is -1.18. The van der Waals surface area contributed by atoms with Gasteiger partial charge in [-0.05, 0) is 38.0 Å². The molecule has 1 aromatic rings. The van der Waals surface area contributed by atoms with Crippen LogP contribution in [0.5, 0.6) is 0 Å². The molecule has 1 rings (SSSR count). The van der Waals surface area contributed by atoms with Gasteiger partial charge in [0.05, 0.1) is 0 Å². The van der Waals surface area contributed by atoms with Crippen LogP contribution < -0.4 is 0 Å². The summed E-state index contributed by atoms with van der Waals surface area (Å²) < 4.78 is 0. The molecule has 2 nitrogen and oxygen atoms in total. The first-order chi connectivity index (χ1) is 5.58. The van der Waals surface area contributed by atoms with Gasteiger partial charge in [-0.25, -0.2) is 0 Å². The molecule has 0 aliphatic carbocycles. The van der Waals surface area contributed by atoms with Crippen LogP contribution in [0.2, 0.25) is 0 Å². The van der Waals surface area contributed by atoms with Gasteiger partial charge in [-0.1, -0.05) is 0 Å². The molecule has 0 N–H and O–H groups in total. The zero-order chi connectivity index (χ0) is 9.19. The first-order valence-electron chi connectivity index (χ1n) is 3.95. The van der Waals surface area contributed by atoms with E-state index in [4.69, 9.17) is 0 Å². The van der Waals surface area contributed by atoms with Gasteiger partial charge in [-0.2, -0.15) is 0 Å². The fraction of sp³-hybridized carbons (Fsp3) is 0.400. The molecule has 0 radical (unpaired) electrons. The van der Waals surface area contributed by atoms with Crippen molar-refractivity contribution in [3.63, 3.8) is 0 Å². The van der Waals surface area contributed by atoms with Crippen molar-refractivity contribution in [2.75, 3.05) is 0 Å². The predicted octanol–water partition coefficient (Wildman–Crippen LogP) is 1.87. The normalized spacial score (nSPS) is 11.2. The number of nitrogens with zero attached hydrogens (tertiary/aromatic N) is 1. The fourth-order valence-corrected chi connectivity index (χ4v) is 1.26. The van der Waals surface area contributed by atoms with E-state index in [1.807, 2.05) is 26.8 Å². The number of carbonyl (C=O) groups excluding carboxylic acids is 1. The lowest BCUT2D eigenvalue weighted by Gasteiger charge is -2.18. The number of rotatable bonds is 2. The van der Waals surface area contributed by atoms with Crippen LogP contribution in [0.1, 0.15) is 25.0 Å². The Morgan fingerprint density at radius 2 is 2.17 bits per heavy atom. The van der Waals surface area contributed by atoms with Crippen molar-refractivity contribution in [3.8, 4) is 0 Å². The molecule has 0 fully saturated rings. The van der Waals surface area contributed by atoms with Crippen molar-refractivity contribution >= 4 is 6.29 Å². The summed E-state index contributed by atoms with van der Waals surface area (Å²) >= 11 is 0. The number of hydrogen-bond acceptors (Lipinski definition) is 2. The van der Waals surface area contributed by atoms with E-state index in [2.05, 4.69) is 4.98 Å². The number of aldehydes is 1. The van der Waals surface area contributed by atoms with Crippen molar-refractivity contribution < 1.29 is 4.79 Å². The van der Waals surface area contributed by atoms with Gasteiger partial charge in [0.25, 0.3) is 0 Å². The van der Waals surface area contributed by atoms with Crippen molar-refractivity contribution in [2.45, 2.75) is 26.2 Å². The van der Waals surface area contributed by atoms with Gasteiger partial charge < -0.3 is 4.79 Å². The zero-order valence-electron chi connectivity index (χ0n) is 7.66. The third-order valence-electron chi connectivity index (χ3n) is 2.01. The van der Waals surface area contributed by atoms with E-state index in [-0.39, 0.29) is 0 Å². The second kappa shape index (κ2) is 3.05. The molecular formula is C10H13NO. The summed E-state index contributed by atoms with van der Waals surface area (Å²) in [6, 6.07) is 1.89. The Morgan fingerprint density at radius 1 is 1.50 bits per heavy atom. The molecular weight excluding hydrogens is 150 g/mol. The molecule has 1 aromatic heterocycles. The highest BCUT2D eigenvalue weighted by molar-refractivity contribution is 5.67. The third kappa shape index (κ3) is 1.52. The Bertz CT molecular complexity index is 292. The van der Waals surface area contributed by atoms with Gasteiger partial charge in [0.1, 0.15) is 6.29 Å². The number of aryl methyl sites for hydroxylation is 1. The van der Waals surface area contributed by atoms with E-state index in [1.165, 1.54) is 0 Å². The van der Waals surface area contributed by atoms with E-state index in [1.54, 1.807) is 12.4 Å². The summed E-state index contributed by atoms with van der Waals surface area (Å²) in [6.45, 7) is 5.78. The topological polar surface area (TPSA) is 30.0 Å². The molecule has 0 spiro atoms. The van der Waals surface area contributed by atoms with Gasteiger partial charge in [0.15, 0.2) is 0 Å². The molecule has 12 heavy (non-hydrogen) atoms. The van der Waals surface area contributed by atoms with Gasteiger partial charge in [-0.3, -0.25) is 4.98 Å². The van der Waals surface area contributed by atoms with Crippen molar-refractivity contribution in [3.05, 3.63) is 29.6 Å². The molecule has 0 aromatic carbocycles. The SMILES string of the molecule is Cc1cnccc1C(C)(C)C=O. The first kappa shape index (κ1) is 8.91. The minimum atomic E-state index is -0.396. The summed E-state index contributed by atoms with van der Waals surface area (Å²) in [5, 5.41) is 0. The minimum Gasteiger partial charge on any atom is -0.302 e. The van der Waals surface area contributed by atoms with Crippen LogP contribution in [0.3, 0.4) is 0 Å². The van der Waals surface area contributed by atoms with Crippen LogP contribution in [0.15, 0.2) is 18.5 Å². The molecule has 2 heteroatoms. The summed E-state index contributed by atoms with van der Waals surface area (Å²) in [5.74, 6) is 0. The smallest absolute Gasteiger partial charge is 0.129 e. The highest BCUT2D eigenvalue weighted by atomic mass is 16.1. The molecule has 0 amide bonds. The van der Waals surface area contributed by atoms with Crippen LogP contribution in [0.4, 0.5) is 0 Å². The molecule has 0 bridgehead atoms. The first-order valence-corrected chi connectivity index (χ1v) is 3.95. The zero-order valence-corrected chi connectivity index (χ0v) is 7.66. The molecule has 0 saturated carbocycles. The van der Waals surface area contributed by atoms with E-state index in [0.29, 0.717) is 0 Å². The van der Waals surface area contributed by atoms with Crippen molar-refractivity contribution in [2.24, 2.45) is 0 Å². The molecule has 1 heterocycles. The number of aromatic nitrogens is 1. The fourth-order valence-electron chi connectivity index (χ4n) is 1.26. The summed E-state index contributed by atoms with van der Waals surface area (Å²) in [6.07, 6.45) is 4.46. The average molecular weight is 163 g/mol. The number of pyridine rings is 1. The number of carbonyl (C=O) groups is 1. The van der Waals surface area contributed by atoms with Gasteiger partial charge in [0, 0.05) is 17.8 Å². The summed E-state index contributed by atoms with van der Waals surface area (Å²) in [4.78, 5) is 14.7. The van der Waals surface area contributed by atoms with Crippen LogP contribution >= 0.6 is 0 Å². The lowest BCUT2D eigenvalue weighted by Crippen LogP contribution is -2.20. The monoisotopic (exact) mass is 163 g/mol. The van der Waals surface area contributed by atoms with E-state index >= 15 is 0 Å². The predicted molar refractivity (Wildman–Crippen MR) is 48.1 cm³/mol. The maximum Gasteiger partial charge on any atom is 0.129 e. The van der Waals surface area contributed by atoms with Crippen LogP contribution in [-0.4, -0.2) is 11.3 Å². The second-order valence-corrected chi connectivity index (χ2v) is 3.53. The molecule has 64 valence electrons. The lowest BCUT2D eigenvalue weighted by molar-refractivity contribution is -0.111. The standard InChI is InChI=1S/C10H13NO/c1-8-6-11-5-4-9(8)10(2,3)7-12/h4-7H,1-3H3. The van der Waals surface area contributed by atoms with E-state index in [9.17, 15) is 4.79 Å². The van der Waals surface area contributed by atoms with Crippen molar-refractivity contribution in [1.29, 1.82) is 0 Å². The Balaban J connectivity index is 3.19. The van der Waals surface area contributed by atoms with Crippen LogP contribution in [-0.2, 0) is 10.2 Å². The van der Waals surface area contributed by atoms with E-state index < -0.39 is 5.41 Å². The molecule has 0 saturated heterocycles. The summed E-state index contributed by atoms with van der Waals surface area (Å²) in [7, 11) is 0. The largest absolute Gasteiger partial charge is 0.302 e. The van der Waals surface area contributed by atoms with Crippen molar-refractivity contribution in [1.82, 2.24) is 4.98 Å². The lowest BCUT2D eigenvalue weighted by atomic mass is 9.84. The molecule has 0 aliphatic rings. The summed E-state index contributed by atoms with van der Waals surface area (Å²) in [5.41, 5.74) is 1.72. The highest BCUT2D eigenvalue weighted by Gasteiger charge is 2.20. The Kier molecular flexibility index (Phi) is 2.27. The van der Waals surface area contributed by atoms with Gasteiger partial charge in [0.2, 0.25) is 0 Å². The third-order valence-corrected chi connectivity index (χ3v) is 2.01. The van der Waals surface area contributed by atoms with Gasteiger partial charge >= 0.3 is 0 Å². The Morgan fingerprint density at radius 3 is 2.67 bits per heavy atom. The molecule has 0 unspecified atom stereocenters. The second-order valence-electron chi connectivity index (χ2n) is 3.53. The van der Waals surface area contributed by atoms with E-state index in [0.717, 1.165) is 17.4 Å². The maximum absolute atomic E-state index is 10.8. The molecule has 0 atom stereocenters. The van der Waals surface area contributed by atoms with Crippen LogP contribution in [0.25, 0.3) is 0 Å². The van der Waals surface area contributed by atoms with Crippen LogP contribution in [0, 0.1) is 6.92 Å². The Labute approximate surface area is 72.6 Å².